The van der Waals surface area contributed by atoms with Gasteiger partial charge in [-0.3, -0.25) is 4.90 Å². The molecule has 4 N–H and O–H groups in total. The molecule has 1 spiro atoms. The van der Waals surface area contributed by atoms with Crippen LogP contribution < -0.4 is 5.32 Å². The summed E-state index contributed by atoms with van der Waals surface area (Å²) < 4.78 is 0. The van der Waals surface area contributed by atoms with E-state index < -0.39 is 5.60 Å². The first-order chi connectivity index (χ1) is 20.6. The number of nitrogens with one attached hydrogen (secondary N) is 2. The molecule has 1 aliphatic carbocycles. The lowest BCUT2D eigenvalue weighted by Crippen LogP contribution is -2.66. The number of H-pyrrole nitrogens is 1. The molecule has 42 heavy (non-hydrogen) atoms. The lowest BCUT2D eigenvalue weighted by Gasteiger charge is -2.59. The molecule has 3 bridgehead atoms. The third-order valence-corrected chi connectivity index (χ3v) is 11.8. The van der Waals surface area contributed by atoms with Crippen LogP contribution in [0.5, 0.6) is 5.75 Å². The van der Waals surface area contributed by atoms with Gasteiger partial charge in [0.25, 0.3) is 0 Å². The minimum atomic E-state index is -0.886. The third kappa shape index (κ3) is 4.28. The number of rotatable bonds is 1. The minimum Gasteiger partial charge on any atom is -0.506 e. The van der Waals surface area contributed by atoms with Crippen LogP contribution in [0, 0.1) is 11.3 Å². The summed E-state index contributed by atoms with van der Waals surface area (Å²) in [5, 5.41) is 28.9. The van der Waals surface area contributed by atoms with Gasteiger partial charge in [0.1, 0.15) is 5.75 Å². The van der Waals surface area contributed by atoms with Gasteiger partial charge in [-0.05, 0) is 113 Å². The zero-order valence-corrected chi connectivity index (χ0v) is 25.0. The molecule has 0 radical (unpaired) electrons. The molecule has 6 heteroatoms. The number of fused-ring (bicyclic) bond motifs is 5. The van der Waals surface area contributed by atoms with Crippen molar-refractivity contribution in [1.29, 1.82) is 0 Å². The van der Waals surface area contributed by atoms with Crippen LogP contribution in [-0.4, -0.2) is 75.4 Å². The van der Waals surface area contributed by atoms with Crippen molar-refractivity contribution in [3.05, 3.63) is 65.4 Å². The van der Waals surface area contributed by atoms with Crippen molar-refractivity contribution in [3.8, 4) is 5.75 Å². The van der Waals surface area contributed by atoms with Crippen molar-refractivity contribution in [2.75, 3.05) is 32.7 Å². The predicted octanol–water partition coefficient (Wildman–Crippen LogP) is 5.74. The van der Waals surface area contributed by atoms with E-state index in [1.807, 2.05) is 6.07 Å². The largest absolute Gasteiger partial charge is 0.506 e. The van der Waals surface area contributed by atoms with Crippen LogP contribution in [0.25, 0.3) is 10.9 Å². The average molecular weight is 569 g/mol. The molecule has 2 aromatic rings. The molecular formula is C36H48N4O2. The summed E-state index contributed by atoms with van der Waals surface area (Å²) in [7, 11) is 0. The van der Waals surface area contributed by atoms with Crippen molar-refractivity contribution in [1.82, 2.24) is 20.1 Å². The number of phenolic OH excluding ortho intramolecular Hbond substituents is 1. The number of aliphatic hydroxyl groups is 1. The third-order valence-electron chi connectivity index (χ3n) is 11.8. The molecule has 3 unspecified atom stereocenters. The van der Waals surface area contributed by atoms with Crippen LogP contribution in [0.15, 0.2) is 54.2 Å². The highest BCUT2D eigenvalue weighted by atomic mass is 16.3. The molecule has 1 aromatic carbocycles. The average Bonchev–Trinajstić information content (AvgIpc) is 3.50. The number of aromatic amines is 1. The lowest BCUT2D eigenvalue weighted by atomic mass is 9.54. The van der Waals surface area contributed by atoms with Gasteiger partial charge in [0.2, 0.25) is 0 Å². The van der Waals surface area contributed by atoms with Crippen LogP contribution in [0.2, 0.25) is 0 Å². The maximum atomic E-state index is 13.1. The molecular weight excluding hydrogens is 520 g/mol. The summed E-state index contributed by atoms with van der Waals surface area (Å²) in [4.78, 5) is 9.21. The Morgan fingerprint density at radius 3 is 2.74 bits per heavy atom. The molecule has 5 aliphatic heterocycles. The minimum absolute atomic E-state index is 0.0155. The zero-order chi connectivity index (χ0) is 28.3. The van der Waals surface area contributed by atoms with Crippen LogP contribution in [0.1, 0.15) is 81.5 Å². The standard InChI is InChI=1S/C36H48N4O2/c41-30-14-11-13-26-27-15-18-37-32(33(27)38-31(26)30)28-23-36(42)17-8-4-1-2-5-9-19-39-21-16-29(28)35(24-39)22-25-12-7-3-6-10-20-40(25)34(35)36/h1,4,7,11-14,23,25,29,32,34,37-38,41-42H,2-3,5-6,8-10,15-22,24H2/b4-1-,12-7-/t25-,29-,32?,34?,35-,36-/m0/s1. The molecule has 0 amide bonds. The SMILES string of the molecule is Oc1cccc2c3c([nH]c12)C(C1=C[C@@]2(O)CC/C=C\CCCCN4CC[C@@H]1[C@]1(C[C@@H]5/C=C\CCCCN5C12)C4)NCC3. The molecule has 0 saturated carbocycles. The van der Waals surface area contributed by atoms with E-state index in [2.05, 4.69) is 56.5 Å². The van der Waals surface area contributed by atoms with E-state index in [0.29, 0.717) is 17.7 Å². The van der Waals surface area contributed by atoms with E-state index in [9.17, 15) is 10.2 Å². The fourth-order valence-electron chi connectivity index (χ4n) is 10.2. The van der Waals surface area contributed by atoms with E-state index in [0.717, 1.165) is 75.6 Å². The van der Waals surface area contributed by atoms with Gasteiger partial charge in [0.15, 0.2) is 0 Å². The second-order valence-electron chi connectivity index (χ2n) is 14.2. The summed E-state index contributed by atoms with van der Waals surface area (Å²) in [6, 6.07) is 6.47. The first kappa shape index (κ1) is 27.2. The maximum Gasteiger partial charge on any atom is 0.139 e. The van der Waals surface area contributed by atoms with Crippen LogP contribution in [0.4, 0.5) is 0 Å². The lowest BCUT2D eigenvalue weighted by molar-refractivity contribution is -0.0984. The number of aromatic nitrogens is 1. The van der Waals surface area contributed by atoms with Gasteiger partial charge >= 0.3 is 0 Å². The summed E-state index contributed by atoms with van der Waals surface area (Å²) in [6.45, 7) is 5.38. The Kier molecular flexibility index (Phi) is 6.90. The van der Waals surface area contributed by atoms with Crippen LogP contribution in [0.3, 0.4) is 0 Å². The highest BCUT2D eigenvalue weighted by Gasteiger charge is 2.66. The second-order valence-corrected chi connectivity index (χ2v) is 14.2. The first-order valence-electron chi connectivity index (χ1n) is 16.9. The Balaban J connectivity index is 1.30. The van der Waals surface area contributed by atoms with E-state index in [-0.39, 0.29) is 17.5 Å². The topological polar surface area (TPSA) is 74.8 Å². The van der Waals surface area contributed by atoms with Gasteiger partial charge in [-0.1, -0.05) is 42.5 Å². The van der Waals surface area contributed by atoms with Crippen molar-refractivity contribution < 1.29 is 10.2 Å². The molecule has 6 heterocycles. The Morgan fingerprint density at radius 1 is 0.952 bits per heavy atom. The number of piperidine rings is 1. The Bertz CT molecular complexity index is 1420. The molecule has 8 rings (SSSR count). The molecule has 6 aliphatic rings. The molecule has 2 saturated heterocycles. The van der Waals surface area contributed by atoms with E-state index in [4.69, 9.17) is 0 Å². The van der Waals surface area contributed by atoms with Gasteiger partial charge in [0, 0.05) is 35.6 Å². The van der Waals surface area contributed by atoms with Gasteiger partial charge in [-0.15, -0.1) is 0 Å². The predicted molar refractivity (Wildman–Crippen MR) is 169 cm³/mol. The highest BCUT2D eigenvalue weighted by molar-refractivity contribution is 5.90. The molecule has 6 nitrogen and oxygen atoms in total. The maximum absolute atomic E-state index is 13.1. The highest BCUT2D eigenvalue weighted by Crippen LogP contribution is 2.61. The van der Waals surface area contributed by atoms with Crippen LogP contribution >= 0.6 is 0 Å². The van der Waals surface area contributed by atoms with Crippen molar-refractivity contribution in [3.63, 3.8) is 0 Å². The first-order valence-corrected chi connectivity index (χ1v) is 16.9. The van der Waals surface area contributed by atoms with Gasteiger partial charge in [-0.25, -0.2) is 0 Å². The van der Waals surface area contributed by atoms with Crippen molar-refractivity contribution in [2.24, 2.45) is 11.3 Å². The number of allylic oxidation sites excluding steroid dienone is 3. The number of hydrogen-bond donors (Lipinski definition) is 4. The summed E-state index contributed by atoms with van der Waals surface area (Å²) >= 11 is 0. The van der Waals surface area contributed by atoms with E-state index in [1.54, 1.807) is 6.07 Å². The molecule has 7 atom stereocenters. The Labute approximate surface area is 250 Å². The molecule has 2 fully saturated rings. The quantitative estimate of drug-likeness (QED) is 0.330. The smallest absolute Gasteiger partial charge is 0.139 e. The van der Waals surface area contributed by atoms with E-state index >= 15 is 0 Å². The summed E-state index contributed by atoms with van der Waals surface area (Å²) in [5.74, 6) is 0.744. The number of benzene rings is 1. The zero-order valence-electron chi connectivity index (χ0n) is 25.0. The normalized spacial score (nSPS) is 40.3. The molecule has 224 valence electrons. The van der Waals surface area contributed by atoms with Gasteiger partial charge in [-0.2, -0.15) is 0 Å². The van der Waals surface area contributed by atoms with Gasteiger partial charge in [0.05, 0.1) is 23.2 Å². The number of phenols is 1. The number of nitrogens with zero attached hydrogens (tertiary/aromatic N) is 2. The van der Waals surface area contributed by atoms with Crippen molar-refractivity contribution in [2.45, 2.75) is 94.4 Å². The van der Waals surface area contributed by atoms with Gasteiger partial charge < -0.3 is 25.4 Å². The number of aromatic hydroxyl groups is 1. The fraction of sp³-hybridized carbons (Fsp3) is 0.611. The monoisotopic (exact) mass is 568 g/mol. The second kappa shape index (κ2) is 10.7. The number of para-hydroxylation sites is 1. The Morgan fingerprint density at radius 2 is 1.81 bits per heavy atom. The molecule has 1 aromatic heterocycles. The fourth-order valence-corrected chi connectivity index (χ4v) is 10.2. The van der Waals surface area contributed by atoms with Crippen LogP contribution in [-0.2, 0) is 6.42 Å². The number of hydrogen-bond acceptors (Lipinski definition) is 5. The van der Waals surface area contributed by atoms with Crippen molar-refractivity contribution >= 4 is 10.9 Å². The Hall–Kier alpha value is -2.38. The van der Waals surface area contributed by atoms with E-state index in [1.165, 1.54) is 55.5 Å². The summed E-state index contributed by atoms with van der Waals surface area (Å²) in [5.41, 5.74) is 3.91. The summed E-state index contributed by atoms with van der Waals surface area (Å²) in [6.07, 6.45) is 24.2.